The first-order valence-corrected chi connectivity index (χ1v) is 6.52. The topological polar surface area (TPSA) is 60.2 Å². The van der Waals surface area contributed by atoms with Crippen LogP contribution in [0.4, 0.5) is 0 Å². The number of benzene rings is 1. The molecule has 1 atom stereocenters. The Bertz CT molecular complexity index is 479. The lowest BCUT2D eigenvalue weighted by molar-refractivity contribution is 0.599. The molecule has 2 rings (SSSR count). The van der Waals surface area contributed by atoms with Crippen molar-refractivity contribution in [2.24, 2.45) is 5.14 Å². The van der Waals surface area contributed by atoms with Crippen molar-refractivity contribution in [3.63, 3.8) is 0 Å². The predicted octanol–water partition coefficient (Wildman–Crippen LogP) is 1.42. The molecule has 0 aliphatic carbocycles. The van der Waals surface area contributed by atoms with Crippen LogP contribution in [-0.4, -0.2) is 13.0 Å². The number of rotatable bonds is 1. The number of fused-ring (bicyclic) bond motifs is 1. The molecule has 0 saturated heterocycles. The molecule has 0 fully saturated rings. The van der Waals surface area contributed by atoms with E-state index in [-0.39, 0.29) is 0 Å². The fourth-order valence-corrected chi connectivity index (χ4v) is 3.23. The molecule has 1 aromatic carbocycles. The quantitative estimate of drug-likeness (QED) is 0.789. The van der Waals surface area contributed by atoms with E-state index in [9.17, 15) is 8.42 Å². The molecule has 5 heteroatoms. The van der Waals surface area contributed by atoms with Crippen LogP contribution in [-0.2, 0) is 10.0 Å². The van der Waals surface area contributed by atoms with E-state index < -0.39 is 14.6 Å². The lowest BCUT2D eigenvalue weighted by atomic mass is 10.2. The Morgan fingerprint density at radius 3 is 2.71 bits per heavy atom. The summed E-state index contributed by atoms with van der Waals surface area (Å²) in [6.45, 7) is 0. The Balaban J connectivity index is 2.40. The third kappa shape index (κ3) is 1.84. The molecule has 0 radical (unpaired) electrons. The molecule has 3 nitrogen and oxygen atoms in total. The normalized spacial score (nSPS) is 20.5. The SMILES string of the molecule is NS(=O)(=O)C1C=Cc2ccccc2S1. The van der Waals surface area contributed by atoms with Crippen LogP contribution in [0.3, 0.4) is 0 Å². The zero-order valence-electron chi connectivity index (χ0n) is 7.25. The van der Waals surface area contributed by atoms with E-state index in [4.69, 9.17) is 5.14 Å². The second-order valence-corrected chi connectivity index (χ2v) is 6.14. The van der Waals surface area contributed by atoms with Gasteiger partial charge < -0.3 is 0 Å². The molecule has 2 N–H and O–H groups in total. The Morgan fingerprint density at radius 1 is 1.29 bits per heavy atom. The second-order valence-electron chi connectivity index (χ2n) is 2.97. The van der Waals surface area contributed by atoms with Crippen LogP contribution in [0, 0.1) is 0 Å². The highest BCUT2D eigenvalue weighted by Crippen LogP contribution is 2.34. The van der Waals surface area contributed by atoms with Crippen LogP contribution >= 0.6 is 11.8 Å². The van der Waals surface area contributed by atoms with Crippen molar-refractivity contribution in [3.8, 4) is 0 Å². The first-order valence-electron chi connectivity index (χ1n) is 4.03. The van der Waals surface area contributed by atoms with Crippen LogP contribution in [0.15, 0.2) is 35.2 Å². The van der Waals surface area contributed by atoms with E-state index in [2.05, 4.69) is 0 Å². The Labute approximate surface area is 87.1 Å². The van der Waals surface area contributed by atoms with Crippen molar-refractivity contribution >= 4 is 27.9 Å². The van der Waals surface area contributed by atoms with Crippen molar-refractivity contribution in [1.82, 2.24) is 0 Å². The minimum atomic E-state index is -3.49. The summed E-state index contributed by atoms with van der Waals surface area (Å²) in [5, 5.41) is 5.07. The molecule has 14 heavy (non-hydrogen) atoms. The van der Waals surface area contributed by atoms with E-state index in [1.165, 1.54) is 11.8 Å². The molecule has 1 aliphatic heterocycles. The van der Waals surface area contributed by atoms with E-state index in [0.717, 1.165) is 10.5 Å². The van der Waals surface area contributed by atoms with Crippen molar-refractivity contribution < 1.29 is 8.42 Å². The minimum Gasteiger partial charge on any atom is -0.227 e. The monoisotopic (exact) mass is 227 g/mol. The van der Waals surface area contributed by atoms with Gasteiger partial charge in [-0.3, -0.25) is 0 Å². The maximum atomic E-state index is 11.1. The smallest absolute Gasteiger partial charge is 0.225 e. The van der Waals surface area contributed by atoms with E-state index in [1.54, 1.807) is 12.2 Å². The van der Waals surface area contributed by atoms with Crippen LogP contribution in [0.1, 0.15) is 5.56 Å². The van der Waals surface area contributed by atoms with Gasteiger partial charge in [0.2, 0.25) is 10.0 Å². The molecule has 0 bridgehead atoms. The van der Waals surface area contributed by atoms with E-state index in [1.807, 2.05) is 24.3 Å². The Hall–Kier alpha value is -0.780. The molecule has 0 saturated carbocycles. The number of hydrogen-bond donors (Lipinski definition) is 1. The molecule has 1 unspecified atom stereocenters. The van der Waals surface area contributed by atoms with Gasteiger partial charge in [0.05, 0.1) is 0 Å². The van der Waals surface area contributed by atoms with E-state index in [0.29, 0.717) is 0 Å². The fourth-order valence-electron chi connectivity index (χ4n) is 1.25. The van der Waals surface area contributed by atoms with E-state index >= 15 is 0 Å². The van der Waals surface area contributed by atoms with Crippen LogP contribution < -0.4 is 5.14 Å². The van der Waals surface area contributed by atoms with Crippen molar-refractivity contribution in [3.05, 3.63) is 35.9 Å². The third-order valence-corrected chi connectivity index (χ3v) is 4.83. The summed E-state index contributed by atoms with van der Waals surface area (Å²) in [5.74, 6) is 0. The number of nitrogens with two attached hydrogens (primary N) is 1. The number of sulfonamides is 1. The Morgan fingerprint density at radius 2 is 2.00 bits per heavy atom. The molecule has 1 aromatic rings. The molecule has 1 aliphatic rings. The molecular weight excluding hydrogens is 218 g/mol. The highest BCUT2D eigenvalue weighted by molar-refractivity contribution is 8.13. The zero-order valence-corrected chi connectivity index (χ0v) is 8.88. The number of thioether (sulfide) groups is 1. The standard InChI is InChI=1S/C9H9NO2S2/c10-14(11,12)9-6-5-7-3-1-2-4-8(7)13-9/h1-6,9H,(H2,10,11,12). The lowest BCUT2D eigenvalue weighted by Crippen LogP contribution is -2.24. The molecule has 0 spiro atoms. The van der Waals surface area contributed by atoms with Crippen LogP contribution in [0.2, 0.25) is 0 Å². The second kappa shape index (κ2) is 3.42. The summed E-state index contributed by atoms with van der Waals surface area (Å²) < 4.78 is 21.5. The maximum absolute atomic E-state index is 11.1. The summed E-state index contributed by atoms with van der Waals surface area (Å²) in [7, 11) is -3.49. The summed E-state index contributed by atoms with van der Waals surface area (Å²) in [4.78, 5) is 0.953. The number of primary sulfonamides is 1. The zero-order chi connectivity index (χ0) is 10.2. The van der Waals surface area contributed by atoms with Gasteiger partial charge in [-0.25, -0.2) is 13.6 Å². The van der Waals surface area contributed by atoms with Gasteiger partial charge in [-0.05, 0) is 11.6 Å². The molecule has 0 amide bonds. The first-order chi connectivity index (χ1) is 6.57. The maximum Gasteiger partial charge on any atom is 0.225 e. The molecular formula is C9H9NO2S2. The van der Waals surface area contributed by atoms with Crippen molar-refractivity contribution in [2.45, 2.75) is 9.48 Å². The summed E-state index contributed by atoms with van der Waals surface area (Å²) in [6.07, 6.45) is 3.41. The molecule has 1 heterocycles. The van der Waals surface area contributed by atoms with Gasteiger partial charge >= 0.3 is 0 Å². The van der Waals surface area contributed by atoms with Gasteiger partial charge in [0.25, 0.3) is 0 Å². The van der Waals surface area contributed by atoms with Crippen LogP contribution in [0.5, 0.6) is 0 Å². The lowest BCUT2D eigenvalue weighted by Gasteiger charge is -2.16. The highest BCUT2D eigenvalue weighted by Gasteiger charge is 2.23. The third-order valence-electron chi connectivity index (χ3n) is 1.92. The van der Waals surface area contributed by atoms with Crippen molar-refractivity contribution in [2.75, 3.05) is 0 Å². The fraction of sp³-hybridized carbons (Fsp3) is 0.111. The summed E-state index contributed by atoms with van der Waals surface area (Å²) >= 11 is 1.26. The minimum absolute atomic E-state index is 0.655. The van der Waals surface area contributed by atoms with Crippen molar-refractivity contribution in [1.29, 1.82) is 0 Å². The average Bonchev–Trinajstić information content (AvgIpc) is 2.16. The number of hydrogen-bond acceptors (Lipinski definition) is 3. The molecule has 0 aromatic heterocycles. The Kier molecular flexibility index (Phi) is 2.38. The highest BCUT2D eigenvalue weighted by atomic mass is 32.3. The summed E-state index contributed by atoms with van der Waals surface area (Å²) in [6, 6.07) is 7.63. The molecule has 74 valence electrons. The van der Waals surface area contributed by atoms with Gasteiger partial charge in [0.15, 0.2) is 0 Å². The van der Waals surface area contributed by atoms with Gasteiger partial charge in [-0.2, -0.15) is 0 Å². The average molecular weight is 227 g/mol. The predicted molar refractivity (Wildman–Crippen MR) is 58.2 cm³/mol. The van der Waals surface area contributed by atoms with Gasteiger partial charge in [0.1, 0.15) is 4.58 Å². The summed E-state index contributed by atoms with van der Waals surface area (Å²) in [5.41, 5.74) is 1.04. The van der Waals surface area contributed by atoms with Gasteiger partial charge in [-0.1, -0.05) is 30.4 Å². The first kappa shape index (κ1) is 9.76. The van der Waals surface area contributed by atoms with Gasteiger partial charge in [-0.15, -0.1) is 11.8 Å². The van der Waals surface area contributed by atoms with Gasteiger partial charge in [0, 0.05) is 4.90 Å². The van der Waals surface area contributed by atoms with Crippen LogP contribution in [0.25, 0.3) is 6.08 Å². The largest absolute Gasteiger partial charge is 0.227 e.